The van der Waals surface area contributed by atoms with Gasteiger partial charge in [-0.3, -0.25) is 0 Å². The number of nitrogens with zero attached hydrogens (tertiary/aromatic N) is 3. The highest BCUT2D eigenvalue weighted by Gasteiger charge is 2.02. The second-order valence-corrected chi connectivity index (χ2v) is 2.77. The molecule has 0 bridgehead atoms. The Kier molecular flexibility index (Phi) is 3.57. The Morgan fingerprint density at radius 2 is 2.08 bits per heavy atom. The first-order valence-corrected chi connectivity index (χ1v) is 4.13. The molecule has 0 amide bonds. The molecule has 0 fully saturated rings. The summed E-state index contributed by atoms with van der Waals surface area (Å²) in [6.45, 7) is 1.41. The van der Waals surface area contributed by atoms with Crippen LogP contribution in [-0.4, -0.2) is 30.1 Å². The highest BCUT2D eigenvalue weighted by Crippen LogP contribution is 2.03. The van der Waals surface area contributed by atoms with Gasteiger partial charge >= 0.3 is 0 Å². The molecule has 1 aromatic heterocycles. The first kappa shape index (κ1) is 9.85. The van der Waals surface area contributed by atoms with Gasteiger partial charge in [-0.15, -0.1) is 0 Å². The topological polar surface area (TPSA) is 55.0 Å². The smallest absolute Gasteiger partial charge is 0.225 e. The molecule has 13 heavy (non-hydrogen) atoms. The molecule has 1 heterocycles. The van der Waals surface area contributed by atoms with Gasteiger partial charge in [0.1, 0.15) is 0 Å². The van der Waals surface area contributed by atoms with Gasteiger partial charge in [0, 0.05) is 13.6 Å². The van der Waals surface area contributed by atoms with Gasteiger partial charge in [-0.1, -0.05) is 0 Å². The van der Waals surface area contributed by atoms with Gasteiger partial charge in [0.25, 0.3) is 0 Å². The van der Waals surface area contributed by atoms with Crippen molar-refractivity contribution in [3.8, 4) is 0 Å². The van der Waals surface area contributed by atoms with E-state index in [9.17, 15) is 4.39 Å². The van der Waals surface area contributed by atoms with Crippen molar-refractivity contribution in [3.63, 3.8) is 0 Å². The summed E-state index contributed by atoms with van der Waals surface area (Å²) >= 11 is 0. The van der Waals surface area contributed by atoms with Crippen LogP contribution >= 0.6 is 0 Å². The average molecular weight is 184 g/mol. The summed E-state index contributed by atoms with van der Waals surface area (Å²) in [7, 11) is 1.85. The summed E-state index contributed by atoms with van der Waals surface area (Å²) in [5.74, 6) is 0.103. The third kappa shape index (κ3) is 2.95. The zero-order chi connectivity index (χ0) is 9.68. The van der Waals surface area contributed by atoms with Crippen LogP contribution in [-0.2, 0) is 0 Å². The molecule has 0 saturated heterocycles. The fraction of sp³-hybridized carbons (Fsp3) is 0.500. The Hall–Kier alpha value is -1.23. The van der Waals surface area contributed by atoms with Crippen molar-refractivity contribution in [1.82, 2.24) is 9.97 Å². The summed E-state index contributed by atoms with van der Waals surface area (Å²) in [5.41, 5.74) is 5.35. The molecule has 0 aliphatic rings. The first-order valence-electron chi connectivity index (χ1n) is 4.13. The lowest BCUT2D eigenvalue weighted by molar-refractivity contribution is 0.611. The van der Waals surface area contributed by atoms with Crippen LogP contribution in [0.3, 0.4) is 0 Å². The molecule has 1 aromatic rings. The van der Waals surface area contributed by atoms with Gasteiger partial charge in [0.05, 0.1) is 12.4 Å². The highest BCUT2D eigenvalue weighted by atomic mass is 19.1. The summed E-state index contributed by atoms with van der Waals surface area (Å²) in [5, 5.41) is 0. The van der Waals surface area contributed by atoms with Crippen LogP contribution in [0.2, 0.25) is 0 Å². The van der Waals surface area contributed by atoms with Gasteiger partial charge < -0.3 is 10.6 Å². The monoisotopic (exact) mass is 184 g/mol. The maximum absolute atomic E-state index is 12.4. The second kappa shape index (κ2) is 4.71. The van der Waals surface area contributed by atoms with E-state index in [2.05, 4.69) is 9.97 Å². The first-order chi connectivity index (χ1) is 6.24. The number of anilines is 1. The Labute approximate surface area is 76.6 Å². The maximum Gasteiger partial charge on any atom is 0.225 e. The van der Waals surface area contributed by atoms with Crippen LogP contribution < -0.4 is 10.6 Å². The van der Waals surface area contributed by atoms with E-state index in [-0.39, 0.29) is 0 Å². The molecule has 0 aliphatic heterocycles. The fourth-order valence-electron chi connectivity index (χ4n) is 0.931. The molecule has 2 N–H and O–H groups in total. The van der Waals surface area contributed by atoms with Gasteiger partial charge in [-0.2, -0.15) is 0 Å². The summed E-state index contributed by atoms with van der Waals surface area (Å²) < 4.78 is 12.4. The van der Waals surface area contributed by atoms with Crippen molar-refractivity contribution >= 4 is 5.95 Å². The zero-order valence-electron chi connectivity index (χ0n) is 7.57. The normalized spacial score (nSPS) is 10.1. The van der Waals surface area contributed by atoms with Crippen molar-refractivity contribution in [2.75, 3.05) is 25.0 Å². The third-order valence-corrected chi connectivity index (χ3v) is 1.65. The average Bonchev–Trinajstić information content (AvgIpc) is 2.15. The predicted octanol–water partition coefficient (Wildman–Crippen LogP) is 0.401. The molecular formula is C8H13FN4. The highest BCUT2D eigenvalue weighted by molar-refractivity contribution is 5.26. The van der Waals surface area contributed by atoms with Crippen LogP contribution in [0.4, 0.5) is 10.3 Å². The van der Waals surface area contributed by atoms with E-state index in [1.165, 1.54) is 0 Å². The van der Waals surface area contributed by atoms with Gasteiger partial charge in [0.2, 0.25) is 5.95 Å². The number of hydrogen-bond acceptors (Lipinski definition) is 4. The van der Waals surface area contributed by atoms with Crippen molar-refractivity contribution in [3.05, 3.63) is 18.2 Å². The van der Waals surface area contributed by atoms with E-state index in [1.54, 1.807) is 0 Å². The van der Waals surface area contributed by atoms with Gasteiger partial charge in [-0.05, 0) is 13.0 Å². The number of aromatic nitrogens is 2. The predicted molar refractivity (Wildman–Crippen MR) is 48.9 cm³/mol. The summed E-state index contributed by atoms with van der Waals surface area (Å²) in [6, 6.07) is 0. The van der Waals surface area contributed by atoms with Crippen molar-refractivity contribution in [2.24, 2.45) is 5.73 Å². The van der Waals surface area contributed by atoms with Crippen molar-refractivity contribution in [2.45, 2.75) is 6.42 Å². The Balaban J connectivity index is 2.55. The molecule has 0 aliphatic carbocycles. The summed E-state index contributed by atoms with van der Waals surface area (Å²) in [4.78, 5) is 9.50. The van der Waals surface area contributed by atoms with Crippen LogP contribution in [0.1, 0.15) is 6.42 Å². The minimum atomic E-state index is -0.420. The number of hydrogen-bond donors (Lipinski definition) is 1. The largest absolute Gasteiger partial charge is 0.344 e. The number of rotatable bonds is 4. The number of halogens is 1. The van der Waals surface area contributed by atoms with E-state index in [1.807, 2.05) is 11.9 Å². The standard InChI is InChI=1S/C8H13FN4/c1-13(4-2-3-10)8-11-5-7(9)6-12-8/h5-6H,2-4,10H2,1H3. The van der Waals surface area contributed by atoms with E-state index < -0.39 is 5.82 Å². The molecule has 0 spiro atoms. The lowest BCUT2D eigenvalue weighted by Gasteiger charge is -2.15. The Bertz CT molecular complexity index is 249. The number of nitrogens with two attached hydrogens (primary N) is 1. The van der Waals surface area contributed by atoms with Crippen molar-refractivity contribution < 1.29 is 4.39 Å². The molecule has 1 rings (SSSR count). The van der Waals surface area contributed by atoms with Gasteiger partial charge in [0.15, 0.2) is 5.82 Å². The Morgan fingerprint density at radius 3 is 2.62 bits per heavy atom. The molecule has 4 nitrogen and oxygen atoms in total. The molecular weight excluding hydrogens is 171 g/mol. The molecule has 0 atom stereocenters. The Morgan fingerprint density at radius 1 is 1.46 bits per heavy atom. The molecule has 0 saturated carbocycles. The van der Waals surface area contributed by atoms with Gasteiger partial charge in [-0.25, -0.2) is 14.4 Å². The lowest BCUT2D eigenvalue weighted by Crippen LogP contribution is -2.22. The molecule has 0 radical (unpaired) electrons. The minimum absolute atomic E-state index is 0.420. The molecule has 0 unspecified atom stereocenters. The van der Waals surface area contributed by atoms with Crippen molar-refractivity contribution in [1.29, 1.82) is 0 Å². The second-order valence-electron chi connectivity index (χ2n) is 2.77. The van der Waals surface area contributed by atoms with E-state index in [0.717, 1.165) is 25.4 Å². The fourth-order valence-corrected chi connectivity index (χ4v) is 0.931. The quantitative estimate of drug-likeness (QED) is 0.736. The minimum Gasteiger partial charge on any atom is -0.344 e. The maximum atomic E-state index is 12.4. The third-order valence-electron chi connectivity index (χ3n) is 1.65. The van der Waals surface area contributed by atoms with E-state index in [4.69, 9.17) is 5.73 Å². The van der Waals surface area contributed by atoms with E-state index >= 15 is 0 Å². The van der Waals surface area contributed by atoms with Crippen LogP contribution in [0, 0.1) is 5.82 Å². The molecule has 72 valence electrons. The molecule has 0 aromatic carbocycles. The van der Waals surface area contributed by atoms with E-state index in [0.29, 0.717) is 12.5 Å². The van der Waals surface area contributed by atoms with Crippen LogP contribution in [0.15, 0.2) is 12.4 Å². The zero-order valence-corrected chi connectivity index (χ0v) is 7.57. The van der Waals surface area contributed by atoms with Crippen LogP contribution in [0.5, 0.6) is 0 Å². The summed E-state index contributed by atoms with van der Waals surface area (Å²) in [6.07, 6.45) is 3.18. The SMILES string of the molecule is CN(CCCN)c1ncc(F)cn1. The molecule has 5 heteroatoms. The van der Waals surface area contributed by atoms with Crippen LogP contribution in [0.25, 0.3) is 0 Å². The lowest BCUT2D eigenvalue weighted by atomic mass is 10.4.